The molecule has 0 aromatic carbocycles. The molecule has 0 aliphatic carbocycles. The van der Waals surface area contributed by atoms with Crippen LogP contribution in [0.4, 0.5) is 17.5 Å². The van der Waals surface area contributed by atoms with Gasteiger partial charge in [0.25, 0.3) is 0 Å². The second-order valence-electron chi connectivity index (χ2n) is 4.08. The number of hydrogen-bond acceptors (Lipinski definition) is 6. The Labute approximate surface area is 105 Å². The highest BCUT2D eigenvalue weighted by atomic mass is 16.5. The average molecular weight is 248 g/mol. The molecule has 0 bridgehead atoms. The zero-order valence-corrected chi connectivity index (χ0v) is 10.6. The van der Waals surface area contributed by atoms with Gasteiger partial charge in [-0.15, -0.1) is 0 Å². The van der Waals surface area contributed by atoms with Gasteiger partial charge in [0.05, 0.1) is 19.0 Å². The number of ether oxygens (including phenoxy) is 1. The molecule has 0 atom stereocenters. The normalized spacial score (nSPS) is 10.7. The fraction of sp³-hybridized carbons (Fsp3) is 0.364. The number of methoxy groups -OCH3 is 1. The molecule has 0 unspecified atom stereocenters. The molecular weight excluding hydrogens is 232 g/mol. The van der Waals surface area contributed by atoms with E-state index in [4.69, 9.17) is 10.5 Å². The van der Waals surface area contributed by atoms with E-state index in [2.05, 4.69) is 34.2 Å². The summed E-state index contributed by atoms with van der Waals surface area (Å²) in [5, 5.41) is 7.33. The third-order valence-corrected chi connectivity index (χ3v) is 2.33. The summed E-state index contributed by atoms with van der Waals surface area (Å²) >= 11 is 0. The number of nitrogens with one attached hydrogen (secondary N) is 1. The summed E-state index contributed by atoms with van der Waals surface area (Å²) in [5.41, 5.74) is 6.42. The van der Waals surface area contributed by atoms with Crippen molar-refractivity contribution in [1.82, 2.24) is 19.7 Å². The number of nitrogens with two attached hydrogens (primary N) is 1. The van der Waals surface area contributed by atoms with Crippen molar-refractivity contribution < 1.29 is 4.74 Å². The van der Waals surface area contributed by atoms with Gasteiger partial charge >= 0.3 is 0 Å². The van der Waals surface area contributed by atoms with Crippen LogP contribution in [0.15, 0.2) is 18.5 Å². The van der Waals surface area contributed by atoms with E-state index in [0.29, 0.717) is 17.7 Å². The molecule has 7 nitrogen and oxygen atoms in total. The maximum absolute atomic E-state index is 5.58. The summed E-state index contributed by atoms with van der Waals surface area (Å²) in [6.07, 6.45) is 3.63. The summed E-state index contributed by atoms with van der Waals surface area (Å²) in [4.78, 5) is 7.98. The number of nitrogen functional groups attached to an aromatic ring is 1. The van der Waals surface area contributed by atoms with Gasteiger partial charge in [-0.25, -0.2) is 0 Å². The van der Waals surface area contributed by atoms with Crippen molar-refractivity contribution in [3.63, 3.8) is 0 Å². The van der Waals surface area contributed by atoms with Gasteiger partial charge in [-0.05, 0) is 13.8 Å². The molecule has 0 aliphatic rings. The third-order valence-electron chi connectivity index (χ3n) is 2.33. The second-order valence-corrected chi connectivity index (χ2v) is 4.08. The smallest absolute Gasteiger partial charge is 0.225 e. The molecule has 0 amide bonds. The Hall–Kier alpha value is -2.31. The van der Waals surface area contributed by atoms with Crippen LogP contribution in [-0.2, 0) is 0 Å². The fourth-order valence-corrected chi connectivity index (χ4v) is 1.44. The largest absolute Gasteiger partial charge is 0.481 e. The number of aromatic nitrogens is 4. The Kier molecular flexibility index (Phi) is 3.31. The first-order valence-corrected chi connectivity index (χ1v) is 5.58. The van der Waals surface area contributed by atoms with Gasteiger partial charge in [-0.1, -0.05) is 0 Å². The molecule has 0 saturated carbocycles. The Morgan fingerprint density at radius 3 is 2.78 bits per heavy atom. The van der Waals surface area contributed by atoms with Crippen LogP contribution in [-0.4, -0.2) is 26.9 Å². The van der Waals surface area contributed by atoms with Crippen molar-refractivity contribution in [2.24, 2.45) is 0 Å². The minimum Gasteiger partial charge on any atom is -0.481 e. The quantitative estimate of drug-likeness (QED) is 0.853. The topological polar surface area (TPSA) is 90.9 Å². The lowest BCUT2D eigenvalue weighted by atomic mass is 10.4. The molecule has 2 aromatic rings. The maximum atomic E-state index is 5.58. The lowest BCUT2D eigenvalue weighted by Crippen LogP contribution is -2.02. The van der Waals surface area contributed by atoms with E-state index in [9.17, 15) is 0 Å². The summed E-state index contributed by atoms with van der Waals surface area (Å²) in [7, 11) is 1.53. The van der Waals surface area contributed by atoms with Gasteiger partial charge < -0.3 is 15.8 Å². The van der Waals surface area contributed by atoms with Gasteiger partial charge in [0.15, 0.2) is 0 Å². The van der Waals surface area contributed by atoms with Crippen LogP contribution in [0.5, 0.6) is 5.88 Å². The van der Waals surface area contributed by atoms with Crippen LogP contribution in [0.3, 0.4) is 0 Å². The van der Waals surface area contributed by atoms with Crippen molar-refractivity contribution in [2.75, 3.05) is 18.2 Å². The highest BCUT2D eigenvalue weighted by Crippen LogP contribution is 2.19. The number of nitrogens with zero attached hydrogens (tertiary/aromatic N) is 4. The standard InChI is InChI=1S/C11H16N6O/c1-7(2)17-6-8(5-13-17)14-9-4-10(18-3)16-11(12)15-9/h4-7H,1-3H3,(H3,12,14,15,16). The van der Waals surface area contributed by atoms with Crippen molar-refractivity contribution in [2.45, 2.75) is 19.9 Å². The first-order chi connectivity index (χ1) is 8.58. The molecule has 18 heavy (non-hydrogen) atoms. The number of rotatable bonds is 4. The molecule has 0 spiro atoms. The van der Waals surface area contributed by atoms with E-state index < -0.39 is 0 Å². The second kappa shape index (κ2) is 4.91. The molecular formula is C11H16N6O. The van der Waals surface area contributed by atoms with Crippen LogP contribution in [0.1, 0.15) is 19.9 Å². The summed E-state index contributed by atoms with van der Waals surface area (Å²) < 4.78 is 6.88. The zero-order valence-electron chi connectivity index (χ0n) is 10.6. The third kappa shape index (κ3) is 2.68. The average Bonchev–Trinajstić information content (AvgIpc) is 2.76. The Bertz CT molecular complexity index is 536. The van der Waals surface area contributed by atoms with Crippen LogP contribution < -0.4 is 15.8 Å². The van der Waals surface area contributed by atoms with E-state index in [1.165, 1.54) is 7.11 Å². The molecule has 0 radical (unpaired) electrons. The Morgan fingerprint density at radius 2 is 2.17 bits per heavy atom. The van der Waals surface area contributed by atoms with Crippen LogP contribution in [0.25, 0.3) is 0 Å². The molecule has 0 fully saturated rings. The van der Waals surface area contributed by atoms with Gasteiger partial charge in [0.2, 0.25) is 11.8 Å². The van der Waals surface area contributed by atoms with Gasteiger partial charge in [-0.3, -0.25) is 4.68 Å². The van der Waals surface area contributed by atoms with Gasteiger partial charge in [0, 0.05) is 18.3 Å². The molecule has 2 heterocycles. The van der Waals surface area contributed by atoms with Crippen molar-refractivity contribution in [1.29, 1.82) is 0 Å². The van der Waals surface area contributed by atoms with Crippen LogP contribution in [0, 0.1) is 0 Å². The SMILES string of the molecule is COc1cc(Nc2cnn(C(C)C)c2)nc(N)n1. The molecule has 0 saturated heterocycles. The van der Waals surface area contributed by atoms with Crippen LogP contribution >= 0.6 is 0 Å². The summed E-state index contributed by atoms with van der Waals surface area (Å²) in [6.45, 7) is 4.12. The minimum absolute atomic E-state index is 0.160. The van der Waals surface area contributed by atoms with E-state index in [1.54, 1.807) is 12.3 Å². The van der Waals surface area contributed by atoms with Gasteiger partial charge in [0.1, 0.15) is 5.82 Å². The number of anilines is 3. The highest BCUT2D eigenvalue weighted by Gasteiger charge is 2.05. The lowest BCUT2D eigenvalue weighted by molar-refractivity contribution is 0.398. The fourth-order valence-electron chi connectivity index (χ4n) is 1.44. The van der Waals surface area contributed by atoms with Crippen molar-refractivity contribution in [3.05, 3.63) is 18.5 Å². The van der Waals surface area contributed by atoms with E-state index in [0.717, 1.165) is 5.69 Å². The first kappa shape index (κ1) is 12.2. The molecule has 2 aromatic heterocycles. The number of hydrogen-bond donors (Lipinski definition) is 2. The first-order valence-electron chi connectivity index (χ1n) is 5.58. The molecule has 96 valence electrons. The summed E-state index contributed by atoms with van der Waals surface area (Å²) in [6, 6.07) is 1.98. The molecule has 3 N–H and O–H groups in total. The monoisotopic (exact) mass is 248 g/mol. The van der Waals surface area contributed by atoms with Crippen molar-refractivity contribution in [3.8, 4) is 5.88 Å². The zero-order chi connectivity index (χ0) is 13.1. The van der Waals surface area contributed by atoms with E-state index in [1.807, 2.05) is 10.9 Å². The predicted octanol–water partition coefficient (Wildman–Crippen LogP) is 1.59. The maximum Gasteiger partial charge on any atom is 0.225 e. The summed E-state index contributed by atoms with van der Waals surface area (Å²) in [5.74, 6) is 1.15. The minimum atomic E-state index is 0.160. The Morgan fingerprint density at radius 1 is 1.39 bits per heavy atom. The predicted molar refractivity (Wildman–Crippen MR) is 68.9 cm³/mol. The molecule has 2 rings (SSSR count). The van der Waals surface area contributed by atoms with E-state index in [-0.39, 0.29) is 5.95 Å². The van der Waals surface area contributed by atoms with Crippen LogP contribution in [0.2, 0.25) is 0 Å². The Balaban J connectivity index is 2.19. The molecule has 7 heteroatoms. The van der Waals surface area contributed by atoms with Gasteiger partial charge in [-0.2, -0.15) is 15.1 Å². The lowest BCUT2D eigenvalue weighted by Gasteiger charge is -2.06. The van der Waals surface area contributed by atoms with Crippen molar-refractivity contribution >= 4 is 17.5 Å². The molecule has 0 aliphatic heterocycles. The highest BCUT2D eigenvalue weighted by molar-refractivity contribution is 5.56. The van der Waals surface area contributed by atoms with E-state index >= 15 is 0 Å².